The summed E-state index contributed by atoms with van der Waals surface area (Å²) in [7, 11) is 1.22. The Labute approximate surface area is 109 Å². The molecule has 6 heteroatoms. The van der Waals surface area contributed by atoms with Crippen molar-refractivity contribution in [2.75, 3.05) is 21.2 Å². The minimum atomic E-state index is -3.39. The highest BCUT2D eigenvalue weighted by Crippen LogP contribution is 2.23. The quantitative estimate of drug-likeness (QED) is 0.876. The molecule has 0 radical (unpaired) electrons. The van der Waals surface area contributed by atoms with Crippen LogP contribution >= 0.6 is 0 Å². The van der Waals surface area contributed by atoms with E-state index < -0.39 is 10.2 Å². The molecule has 1 rings (SSSR count). The van der Waals surface area contributed by atoms with E-state index in [4.69, 9.17) is 4.74 Å². The molecule has 1 aromatic carbocycles. The van der Waals surface area contributed by atoms with Crippen LogP contribution in [0.25, 0.3) is 0 Å². The van der Waals surface area contributed by atoms with Crippen molar-refractivity contribution in [2.24, 2.45) is 0 Å². The summed E-state index contributed by atoms with van der Waals surface area (Å²) in [5, 5.41) is 0. The molecule has 0 fully saturated rings. The number of rotatable bonds is 5. The number of ether oxygens (including phenoxy) is 1. The first-order valence-corrected chi connectivity index (χ1v) is 7.03. The van der Waals surface area contributed by atoms with Gasteiger partial charge in [-0.05, 0) is 36.6 Å². The summed E-state index contributed by atoms with van der Waals surface area (Å²) in [6.07, 6.45) is 0. The molecule has 1 N–H and O–H groups in total. The molecule has 102 valence electrons. The molecule has 1 aromatic rings. The molecule has 0 unspecified atom stereocenters. The Morgan fingerprint density at radius 1 is 1.22 bits per heavy atom. The molecule has 0 aromatic heterocycles. The molecule has 18 heavy (non-hydrogen) atoms. The number of nitrogens with one attached hydrogen (secondary N) is 1. The molecule has 0 spiro atoms. The van der Waals surface area contributed by atoms with Gasteiger partial charge >= 0.3 is 0 Å². The summed E-state index contributed by atoms with van der Waals surface area (Å²) in [4.78, 5) is 0. The molecule has 0 bridgehead atoms. The van der Waals surface area contributed by atoms with E-state index >= 15 is 0 Å². The lowest BCUT2D eigenvalue weighted by Gasteiger charge is -2.15. The summed E-state index contributed by atoms with van der Waals surface area (Å²) in [6.45, 7) is 4.19. The first kappa shape index (κ1) is 14.9. The van der Waals surface area contributed by atoms with Gasteiger partial charge in [0.25, 0.3) is 10.2 Å². The van der Waals surface area contributed by atoms with Crippen molar-refractivity contribution < 1.29 is 13.2 Å². The van der Waals surface area contributed by atoms with Gasteiger partial charge in [0.05, 0.1) is 7.11 Å². The Hall–Kier alpha value is -1.11. The summed E-state index contributed by atoms with van der Waals surface area (Å²) in [5.74, 6) is 0.812. The highest BCUT2D eigenvalue weighted by molar-refractivity contribution is 7.87. The molecule has 0 aliphatic carbocycles. The fraction of sp³-hybridized carbons (Fsp3) is 0.500. The fourth-order valence-electron chi connectivity index (χ4n) is 1.56. The third-order valence-electron chi connectivity index (χ3n) is 3.00. The van der Waals surface area contributed by atoms with Crippen molar-refractivity contribution in [3.8, 4) is 5.75 Å². The van der Waals surface area contributed by atoms with Crippen LogP contribution in [0.5, 0.6) is 5.75 Å². The van der Waals surface area contributed by atoms with Gasteiger partial charge < -0.3 is 4.74 Å². The van der Waals surface area contributed by atoms with Crippen LogP contribution < -0.4 is 9.46 Å². The monoisotopic (exact) mass is 272 g/mol. The highest BCUT2D eigenvalue weighted by Gasteiger charge is 2.14. The Kier molecular flexibility index (Phi) is 4.72. The number of methoxy groups -OCH3 is 1. The molecule has 0 amide bonds. The molecular formula is C12H20N2O3S. The zero-order valence-corrected chi connectivity index (χ0v) is 12.3. The van der Waals surface area contributed by atoms with Crippen molar-refractivity contribution in [1.29, 1.82) is 0 Å². The van der Waals surface area contributed by atoms with E-state index in [1.54, 1.807) is 7.11 Å². The molecule has 0 saturated heterocycles. The zero-order valence-electron chi connectivity index (χ0n) is 11.4. The van der Waals surface area contributed by atoms with Gasteiger partial charge in [-0.1, -0.05) is 6.07 Å². The van der Waals surface area contributed by atoms with Gasteiger partial charge in [-0.2, -0.15) is 17.4 Å². The Morgan fingerprint density at radius 3 is 2.33 bits per heavy atom. The van der Waals surface area contributed by atoms with E-state index in [2.05, 4.69) is 4.72 Å². The van der Waals surface area contributed by atoms with Gasteiger partial charge in [-0.15, -0.1) is 0 Å². The third kappa shape index (κ3) is 3.22. The number of nitrogens with zero attached hydrogens (tertiary/aromatic N) is 1. The van der Waals surface area contributed by atoms with Gasteiger partial charge in [0.2, 0.25) is 0 Å². The van der Waals surface area contributed by atoms with E-state index in [1.165, 1.54) is 14.1 Å². The van der Waals surface area contributed by atoms with Gasteiger partial charge in [0, 0.05) is 20.6 Å². The van der Waals surface area contributed by atoms with Gasteiger partial charge in [0.1, 0.15) is 5.75 Å². The summed E-state index contributed by atoms with van der Waals surface area (Å²) >= 11 is 0. The van der Waals surface area contributed by atoms with Crippen LogP contribution in [0, 0.1) is 13.8 Å². The second-order valence-electron chi connectivity index (χ2n) is 4.29. The Morgan fingerprint density at radius 2 is 1.83 bits per heavy atom. The van der Waals surface area contributed by atoms with Crippen LogP contribution in [-0.2, 0) is 16.8 Å². The van der Waals surface area contributed by atoms with Crippen LogP contribution in [0.15, 0.2) is 12.1 Å². The maximum Gasteiger partial charge on any atom is 0.279 e. The van der Waals surface area contributed by atoms with Crippen molar-refractivity contribution in [3.05, 3.63) is 28.8 Å². The van der Waals surface area contributed by atoms with E-state index in [0.29, 0.717) is 0 Å². The normalized spacial score (nSPS) is 11.9. The molecular weight excluding hydrogens is 252 g/mol. The van der Waals surface area contributed by atoms with Gasteiger partial charge in [0.15, 0.2) is 0 Å². The Bertz CT molecular complexity index is 524. The minimum Gasteiger partial charge on any atom is -0.496 e. The first-order valence-electron chi connectivity index (χ1n) is 5.59. The molecule has 0 heterocycles. The van der Waals surface area contributed by atoms with Crippen LogP contribution in [0.2, 0.25) is 0 Å². The number of hydrogen-bond acceptors (Lipinski definition) is 3. The van der Waals surface area contributed by atoms with E-state index in [-0.39, 0.29) is 6.54 Å². The van der Waals surface area contributed by atoms with Gasteiger partial charge in [-0.3, -0.25) is 0 Å². The molecule has 0 atom stereocenters. The zero-order chi connectivity index (χ0) is 13.9. The van der Waals surface area contributed by atoms with Crippen LogP contribution in [0.3, 0.4) is 0 Å². The first-order chi connectivity index (χ1) is 8.29. The average molecular weight is 272 g/mol. The Balaban J connectivity index is 2.91. The number of hydrogen-bond donors (Lipinski definition) is 1. The second-order valence-corrected chi connectivity index (χ2v) is 6.25. The maximum atomic E-state index is 11.6. The molecule has 5 nitrogen and oxygen atoms in total. The van der Waals surface area contributed by atoms with Crippen molar-refractivity contribution in [3.63, 3.8) is 0 Å². The average Bonchev–Trinajstić information content (AvgIpc) is 2.31. The predicted molar refractivity (Wildman–Crippen MR) is 71.9 cm³/mol. The largest absolute Gasteiger partial charge is 0.496 e. The molecule has 0 aliphatic rings. The van der Waals surface area contributed by atoms with Crippen LogP contribution in [0.4, 0.5) is 0 Å². The third-order valence-corrected chi connectivity index (χ3v) is 4.47. The van der Waals surface area contributed by atoms with Crippen LogP contribution in [-0.4, -0.2) is 33.9 Å². The smallest absolute Gasteiger partial charge is 0.279 e. The lowest BCUT2D eigenvalue weighted by molar-refractivity contribution is 0.411. The van der Waals surface area contributed by atoms with Crippen LogP contribution in [0.1, 0.15) is 16.7 Å². The summed E-state index contributed by atoms with van der Waals surface area (Å²) < 4.78 is 32.1. The maximum absolute atomic E-state index is 11.6. The van der Waals surface area contributed by atoms with E-state index in [1.807, 2.05) is 26.0 Å². The molecule has 0 saturated carbocycles. The van der Waals surface area contributed by atoms with E-state index in [0.717, 1.165) is 26.7 Å². The number of benzene rings is 1. The van der Waals surface area contributed by atoms with E-state index in [9.17, 15) is 8.42 Å². The highest BCUT2D eigenvalue weighted by atomic mass is 32.2. The summed E-state index contributed by atoms with van der Waals surface area (Å²) in [6, 6.07) is 3.72. The molecule has 0 aliphatic heterocycles. The predicted octanol–water partition coefficient (Wildman–Crippen LogP) is 1.21. The topological polar surface area (TPSA) is 58.6 Å². The lowest BCUT2D eigenvalue weighted by Crippen LogP contribution is -2.35. The van der Waals surface area contributed by atoms with Gasteiger partial charge in [-0.25, -0.2) is 0 Å². The summed E-state index contributed by atoms with van der Waals surface area (Å²) in [5.41, 5.74) is 3.01. The minimum absolute atomic E-state index is 0.275. The van der Waals surface area contributed by atoms with Crippen molar-refractivity contribution in [2.45, 2.75) is 20.4 Å². The lowest BCUT2D eigenvalue weighted by atomic mass is 10.0. The van der Waals surface area contributed by atoms with Crippen molar-refractivity contribution in [1.82, 2.24) is 9.03 Å². The standard InChI is InChI=1S/C12H20N2O3S/c1-9-10(2)12(17-5)7-6-11(9)8-13-18(15,16)14(3)4/h6-7,13H,8H2,1-5H3. The fourth-order valence-corrected chi connectivity index (χ4v) is 2.16. The second kappa shape index (κ2) is 5.69. The van der Waals surface area contributed by atoms with Crippen molar-refractivity contribution >= 4 is 10.2 Å². The SMILES string of the molecule is COc1ccc(CNS(=O)(=O)N(C)C)c(C)c1C.